The van der Waals surface area contributed by atoms with E-state index >= 15 is 0 Å². The highest BCUT2D eigenvalue weighted by Gasteiger charge is 2.35. The van der Waals surface area contributed by atoms with E-state index in [1.807, 2.05) is 0 Å². The summed E-state index contributed by atoms with van der Waals surface area (Å²) in [5.41, 5.74) is 1.79. The smallest absolute Gasteiger partial charge is 0.0169 e. The Morgan fingerprint density at radius 3 is 2.76 bits per heavy atom. The lowest BCUT2D eigenvalue weighted by Gasteiger charge is -2.20. The normalized spacial score (nSPS) is 39.2. The van der Waals surface area contributed by atoms with E-state index in [9.17, 15) is 0 Å². The van der Waals surface area contributed by atoms with Crippen LogP contribution in [-0.2, 0) is 0 Å². The minimum atomic E-state index is 0.883. The highest BCUT2D eigenvalue weighted by molar-refractivity contribution is 5.23. The topological polar surface area (TPSA) is 0 Å². The minimum absolute atomic E-state index is 0.883. The van der Waals surface area contributed by atoms with Gasteiger partial charge in [0.05, 0.1) is 0 Å². The van der Waals surface area contributed by atoms with Crippen LogP contribution in [0.3, 0.4) is 0 Å². The van der Waals surface area contributed by atoms with Crippen LogP contribution in [0.2, 0.25) is 0 Å². The van der Waals surface area contributed by atoms with Gasteiger partial charge in [-0.3, -0.25) is 0 Å². The van der Waals surface area contributed by atoms with Crippen LogP contribution in [0.1, 0.15) is 65.2 Å². The zero-order valence-electron chi connectivity index (χ0n) is 11.6. The Hall–Kier alpha value is -0.520. The van der Waals surface area contributed by atoms with Crippen LogP contribution in [0.4, 0.5) is 0 Å². The molecule has 2 aliphatic carbocycles. The van der Waals surface area contributed by atoms with Crippen LogP contribution in [0, 0.1) is 17.8 Å². The van der Waals surface area contributed by atoms with Gasteiger partial charge >= 0.3 is 0 Å². The molecule has 2 rings (SSSR count). The van der Waals surface area contributed by atoms with Crippen LogP contribution < -0.4 is 0 Å². The van der Waals surface area contributed by atoms with Crippen LogP contribution in [0.15, 0.2) is 23.8 Å². The first-order valence-electron chi connectivity index (χ1n) is 7.73. The molecule has 1 fully saturated rings. The van der Waals surface area contributed by atoms with Gasteiger partial charge in [-0.1, -0.05) is 56.9 Å². The van der Waals surface area contributed by atoms with Crippen molar-refractivity contribution in [2.75, 3.05) is 0 Å². The van der Waals surface area contributed by atoms with Crippen molar-refractivity contribution in [1.29, 1.82) is 0 Å². The molecule has 1 saturated carbocycles. The fraction of sp³-hybridized carbons (Fsp3) is 0.765. The molecule has 0 heteroatoms. The fourth-order valence-corrected chi connectivity index (χ4v) is 3.83. The molecule has 0 saturated heterocycles. The van der Waals surface area contributed by atoms with Crippen LogP contribution in [0.5, 0.6) is 0 Å². The summed E-state index contributed by atoms with van der Waals surface area (Å²) in [6, 6.07) is 0. The number of hydrogen-bond donors (Lipinski definition) is 0. The zero-order chi connectivity index (χ0) is 12.1. The standard InChI is InChI=1S/C17H28/c1-3-14-13-15(4-2)17-12-10-8-6-5-7-9-11-16(14)17/h7,9,11,14-15,17H,3-6,8,10,12-13H2,1-2H3/b9-7-,16-11-. The third-order valence-electron chi connectivity index (χ3n) is 4.88. The second-order valence-electron chi connectivity index (χ2n) is 5.85. The van der Waals surface area contributed by atoms with E-state index in [1.54, 1.807) is 5.57 Å². The second kappa shape index (κ2) is 6.42. The Morgan fingerprint density at radius 2 is 2.00 bits per heavy atom. The van der Waals surface area contributed by atoms with Gasteiger partial charge in [0.2, 0.25) is 0 Å². The summed E-state index contributed by atoms with van der Waals surface area (Å²) in [5, 5.41) is 0. The van der Waals surface area contributed by atoms with E-state index in [1.165, 1.54) is 51.4 Å². The van der Waals surface area contributed by atoms with E-state index in [4.69, 9.17) is 0 Å². The Labute approximate surface area is 107 Å². The molecular formula is C17H28. The number of fused-ring (bicyclic) bond motifs is 1. The first-order valence-corrected chi connectivity index (χ1v) is 7.73. The van der Waals surface area contributed by atoms with Gasteiger partial charge in [0.25, 0.3) is 0 Å². The van der Waals surface area contributed by atoms with Gasteiger partial charge in [0, 0.05) is 0 Å². The monoisotopic (exact) mass is 232 g/mol. The molecule has 0 aromatic carbocycles. The van der Waals surface area contributed by atoms with Gasteiger partial charge in [0.15, 0.2) is 0 Å². The number of rotatable bonds is 2. The maximum Gasteiger partial charge on any atom is -0.0169 e. The van der Waals surface area contributed by atoms with Crippen LogP contribution >= 0.6 is 0 Å². The molecule has 0 aliphatic heterocycles. The highest BCUT2D eigenvalue weighted by Crippen LogP contribution is 2.46. The highest BCUT2D eigenvalue weighted by atomic mass is 14.4. The summed E-state index contributed by atoms with van der Waals surface area (Å²) in [6.45, 7) is 4.75. The summed E-state index contributed by atoms with van der Waals surface area (Å²) >= 11 is 0. The molecule has 0 aromatic rings. The molecule has 0 amide bonds. The SMILES string of the molecule is CCC1CC(CC)C2CCCCC/C=C\C=C\12. The van der Waals surface area contributed by atoms with Crippen molar-refractivity contribution in [3.05, 3.63) is 23.8 Å². The molecule has 0 heterocycles. The molecule has 96 valence electrons. The van der Waals surface area contributed by atoms with Crippen molar-refractivity contribution in [2.24, 2.45) is 17.8 Å². The summed E-state index contributed by atoms with van der Waals surface area (Å²) in [7, 11) is 0. The van der Waals surface area contributed by atoms with Gasteiger partial charge in [-0.2, -0.15) is 0 Å². The maximum absolute atomic E-state index is 2.47. The lowest BCUT2D eigenvalue weighted by Crippen LogP contribution is -2.09. The molecule has 0 N–H and O–H groups in total. The first-order chi connectivity index (χ1) is 8.36. The Morgan fingerprint density at radius 1 is 1.12 bits per heavy atom. The molecule has 2 aliphatic rings. The molecule has 0 aromatic heterocycles. The van der Waals surface area contributed by atoms with E-state index < -0.39 is 0 Å². The lowest BCUT2D eigenvalue weighted by molar-refractivity contribution is 0.368. The second-order valence-corrected chi connectivity index (χ2v) is 5.85. The van der Waals surface area contributed by atoms with Crippen LogP contribution in [-0.4, -0.2) is 0 Å². The minimum Gasteiger partial charge on any atom is -0.0845 e. The molecule has 3 unspecified atom stereocenters. The summed E-state index contributed by atoms with van der Waals surface area (Å²) in [4.78, 5) is 0. The molecule has 0 bridgehead atoms. The van der Waals surface area contributed by atoms with Crippen molar-refractivity contribution in [3.8, 4) is 0 Å². The van der Waals surface area contributed by atoms with Crippen molar-refractivity contribution in [3.63, 3.8) is 0 Å². The Balaban J connectivity index is 2.19. The summed E-state index contributed by atoms with van der Waals surface area (Å²) in [6.07, 6.45) is 18.4. The Bertz CT molecular complexity index is 284. The molecular weight excluding hydrogens is 204 g/mol. The third kappa shape index (κ3) is 3.03. The summed E-state index contributed by atoms with van der Waals surface area (Å²) in [5.74, 6) is 2.76. The summed E-state index contributed by atoms with van der Waals surface area (Å²) < 4.78 is 0. The average molecular weight is 232 g/mol. The molecule has 0 radical (unpaired) electrons. The quantitative estimate of drug-likeness (QED) is 0.589. The predicted octanol–water partition coefficient (Wildman–Crippen LogP) is 5.51. The van der Waals surface area contributed by atoms with Crippen LogP contribution in [0.25, 0.3) is 0 Å². The first kappa shape index (κ1) is 12.9. The van der Waals surface area contributed by atoms with Crippen molar-refractivity contribution in [2.45, 2.75) is 65.2 Å². The van der Waals surface area contributed by atoms with E-state index in [0.717, 1.165) is 17.8 Å². The molecule has 0 nitrogen and oxygen atoms in total. The lowest BCUT2D eigenvalue weighted by atomic mass is 9.85. The molecule has 17 heavy (non-hydrogen) atoms. The third-order valence-corrected chi connectivity index (χ3v) is 4.88. The van der Waals surface area contributed by atoms with Gasteiger partial charge in [0.1, 0.15) is 0 Å². The number of hydrogen-bond acceptors (Lipinski definition) is 0. The van der Waals surface area contributed by atoms with Gasteiger partial charge < -0.3 is 0 Å². The van der Waals surface area contributed by atoms with Crippen molar-refractivity contribution in [1.82, 2.24) is 0 Å². The van der Waals surface area contributed by atoms with Gasteiger partial charge in [-0.15, -0.1) is 0 Å². The fourth-order valence-electron chi connectivity index (χ4n) is 3.83. The van der Waals surface area contributed by atoms with E-state index in [-0.39, 0.29) is 0 Å². The molecule has 3 atom stereocenters. The van der Waals surface area contributed by atoms with Crippen molar-refractivity contribution < 1.29 is 0 Å². The zero-order valence-corrected chi connectivity index (χ0v) is 11.6. The van der Waals surface area contributed by atoms with Gasteiger partial charge in [-0.25, -0.2) is 0 Å². The predicted molar refractivity (Wildman–Crippen MR) is 76.0 cm³/mol. The Kier molecular flexibility index (Phi) is 4.88. The number of allylic oxidation sites excluding steroid dienone is 4. The largest absolute Gasteiger partial charge is 0.0845 e. The van der Waals surface area contributed by atoms with E-state index in [0.29, 0.717) is 0 Å². The maximum atomic E-state index is 2.47. The van der Waals surface area contributed by atoms with Crippen molar-refractivity contribution >= 4 is 0 Å². The van der Waals surface area contributed by atoms with E-state index in [2.05, 4.69) is 32.1 Å². The van der Waals surface area contributed by atoms with Gasteiger partial charge in [-0.05, 0) is 49.9 Å². The average Bonchev–Trinajstić information content (AvgIpc) is 2.71. The molecule has 0 spiro atoms.